The largest absolute Gasteiger partial charge is 0.356 e. The summed E-state index contributed by atoms with van der Waals surface area (Å²) in [6.45, 7) is 6.88. The van der Waals surface area contributed by atoms with E-state index in [4.69, 9.17) is 12.2 Å². The molecule has 11 heteroatoms. The van der Waals surface area contributed by atoms with Gasteiger partial charge in [0.25, 0.3) is 10.0 Å². The van der Waals surface area contributed by atoms with Crippen LogP contribution in [0.5, 0.6) is 0 Å². The Kier molecular flexibility index (Phi) is 6.63. The predicted molar refractivity (Wildman–Crippen MR) is 120 cm³/mol. The molecule has 2 aromatic heterocycles. The van der Waals surface area contributed by atoms with Crippen molar-refractivity contribution in [2.24, 2.45) is 0 Å². The van der Waals surface area contributed by atoms with Gasteiger partial charge < -0.3 is 10.6 Å². The van der Waals surface area contributed by atoms with Gasteiger partial charge in [-0.3, -0.25) is 4.68 Å². The fourth-order valence-electron chi connectivity index (χ4n) is 2.89. The van der Waals surface area contributed by atoms with E-state index in [0.717, 1.165) is 17.8 Å². The zero-order valence-electron chi connectivity index (χ0n) is 16.8. The summed E-state index contributed by atoms with van der Waals surface area (Å²) in [5.74, 6) is 0.0146. The summed E-state index contributed by atoms with van der Waals surface area (Å²) < 4.78 is 29.1. The summed E-state index contributed by atoms with van der Waals surface area (Å²) >= 11 is 5.39. The van der Waals surface area contributed by atoms with Crippen LogP contribution >= 0.6 is 12.2 Å². The molecule has 0 aliphatic heterocycles. The summed E-state index contributed by atoms with van der Waals surface area (Å²) in [7, 11) is -3.78. The lowest BCUT2D eigenvalue weighted by atomic mass is 10.1. The van der Waals surface area contributed by atoms with Crippen LogP contribution in [0, 0.1) is 6.92 Å². The molecule has 1 atom stereocenters. The molecule has 0 radical (unpaired) electrons. The van der Waals surface area contributed by atoms with Gasteiger partial charge in [-0.25, -0.2) is 23.1 Å². The molecule has 0 spiro atoms. The van der Waals surface area contributed by atoms with Gasteiger partial charge in [0.15, 0.2) is 5.11 Å². The molecule has 0 bridgehead atoms. The third-order valence-corrected chi connectivity index (χ3v) is 6.03. The number of aromatic nitrogens is 4. The third-order valence-electron chi connectivity index (χ3n) is 4.47. The molecule has 3 N–H and O–H groups in total. The van der Waals surface area contributed by atoms with Crippen molar-refractivity contribution in [3.05, 3.63) is 60.2 Å². The normalized spacial score (nSPS) is 12.2. The smallest absolute Gasteiger partial charge is 0.264 e. The molecular formula is C19H23N7O2S2. The van der Waals surface area contributed by atoms with Crippen LogP contribution < -0.4 is 15.4 Å². The second-order valence-corrected chi connectivity index (χ2v) is 8.61. The summed E-state index contributed by atoms with van der Waals surface area (Å²) in [6.07, 6.45) is 4.76. The molecule has 0 aliphatic carbocycles. The molecule has 2 heterocycles. The summed E-state index contributed by atoms with van der Waals surface area (Å²) in [5.41, 5.74) is 2.82. The second-order valence-electron chi connectivity index (χ2n) is 6.52. The fourth-order valence-corrected chi connectivity index (χ4v) is 4.15. The van der Waals surface area contributed by atoms with Gasteiger partial charge in [0.1, 0.15) is 0 Å². The summed E-state index contributed by atoms with van der Waals surface area (Å²) in [6, 6.07) is 7.82. The van der Waals surface area contributed by atoms with Crippen molar-refractivity contribution in [1.29, 1.82) is 0 Å². The first-order valence-electron chi connectivity index (χ1n) is 9.30. The van der Waals surface area contributed by atoms with Gasteiger partial charge in [0.2, 0.25) is 5.95 Å². The Morgan fingerprint density at radius 3 is 2.47 bits per heavy atom. The fraction of sp³-hybridized carbons (Fsp3) is 0.263. The highest BCUT2D eigenvalue weighted by Crippen LogP contribution is 2.19. The highest BCUT2D eigenvalue weighted by molar-refractivity contribution is 7.92. The van der Waals surface area contributed by atoms with Crippen molar-refractivity contribution in [1.82, 2.24) is 25.1 Å². The van der Waals surface area contributed by atoms with E-state index in [1.54, 1.807) is 18.2 Å². The number of hydrogen-bond donors (Lipinski definition) is 3. The molecule has 158 valence electrons. The maximum absolute atomic E-state index is 12.4. The van der Waals surface area contributed by atoms with Crippen molar-refractivity contribution in [2.45, 2.75) is 38.3 Å². The number of anilines is 2. The molecule has 1 unspecified atom stereocenters. The van der Waals surface area contributed by atoms with Crippen molar-refractivity contribution in [2.75, 3.05) is 10.0 Å². The molecule has 30 heavy (non-hydrogen) atoms. The lowest BCUT2D eigenvalue weighted by Crippen LogP contribution is -2.31. The lowest BCUT2D eigenvalue weighted by Gasteiger charge is -2.17. The molecular weight excluding hydrogens is 422 g/mol. The van der Waals surface area contributed by atoms with Crippen LogP contribution in [0.4, 0.5) is 11.6 Å². The van der Waals surface area contributed by atoms with Crippen LogP contribution in [0.3, 0.4) is 0 Å². The summed E-state index contributed by atoms with van der Waals surface area (Å²) in [5, 5.41) is 11.1. The number of nitrogens with one attached hydrogen (secondary N) is 3. The van der Waals surface area contributed by atoms with Crippen LogP contribution in [0.1, 0.15) is 31.1 Å². The Hall–Kier alpha value is -3.05. The molecule has 0 aliphatic rings. The minimum atomic E-state index is -3.78. The highest BCUT2D eigenvalue weighted by atomic mass is 32.2. The van der Waals surface area contributed by atoms with Crippen molar-refractivity contribution >= 4 is 39.0 Å². The number of aryl methyl sites for hydroxylation is 1. The molecule has 3 aromatic rings. The van der Waals surface area contributed by atoms with E-state index in [0.29, 0.717) is 10.8 Å². The molecule has 0 saturated carbocycles. The number of hydrogen-bond acceptors (Lipinski definition) is 6. The van der Waals surface area contributed by atoms with Crippen LogP contribution in [0.15, 0.2) is 53.8 Å². The number of rotatable bonds is 7. The van der Waals surface area contributed by atoms with Gasteiger partial charge in [0.05, 0.1) is 17.1 Å². The van der Waals surface area contributed by atoms with Gasteiger partial charge in [-0.15, -0.1) is 0 Å². The Bertz CT molecular complexity index is 1110. The minimum absolute atomic E-state index is 0.0146. The Morgan fingerprint density at radius 2 is 1.87 bits per heavy atom. The quantitative estimate of drug-likeness (QED) is 0.476. The first kappa shape index (κ1) is 21.7. The summed E-state index contributed by atoms with van der Waals surface area (Å²) in [4.78, 5) is 7.83. The van der Waals surface area contributed by atoms with E-state index in [-0.39, 0.29) is 16.9 Å². The van der Waals surface area contributed by atoms with Crippen molar-refractivity contribution in [3.8, 4) is 0 Å². The van der Waals surface area contributed by atoms with Gasteiger partial charge in [-0.1, -0.05) is 0 Å². The van der Waals surface area contributed by atoms with Crippen molar-refractivity contribution < 1.29 is 8.42 Å². The Labute approximate surface area is 181 Å². The molecule has 0 fully saturated rings. The molecule has 1 aromatic carbocycles. The zero-order valence-corrected chi connectivity index (χ0v) is 18.5. The van der Waals surface area contributed by atoms with Crippen LogP contribution in [-0.2, 0) is 16.6 Å². The first-order valence-corrected chi connectivity index (χ1v) is 11.2. The molecule has 0 saturated heterocycles. The van der Waals surface area contributed by atoms with Crippen molar-refractivity contribution in [3.63, 3.8) is 0 Å². The number of thiocarbonyl (C=S) groups is 1. The lowest BCUT2D eigenvalue weighted by molar-refractivity contribution is 0.601. The molecule has 3 rings (SSSR count). The average molecular weight is 446 g/mol. The van der Waals surface area contributed by atoms with E-state index in [1.165, 1.54) is 24.5 Å². The van der Waals surface area contributed by atoms with E-state index in [1.807, 2.05) is 31.6 Å². The van der Waals surface area contributed by atoms with Gasteiger partial charge >= 0.3 is 0 Å². The number of sulfonamides is 1. The van der Waals surface area contributed by atoms with E-state index >= 15 is 0 Å². The zero-order chi connectivity index (χ0) is 21.7. The first-order chi connectivity index (χ1) is 14.3. The predicted octanol–water partition coefficient (Wildman–Crippen LogP) is 2.85. The molecule has 9 nitrogen and oxygen atoms in total. The SMILES string of the molecule is CCn1ncc(C(C)NC(=S)Nc2ccc(S(=O)(=O)Nc3ncccn3)cc2)c1C. The maximum atomic E-state index is 12.4. The average Bonchev–Trinajstić information content (AvgIpc) is 3.09. The van der Waals surface area contributed by atoms with Crippen LogP contribution in [-0.4, -0.2) is 33.3 Å². The minimum Gasteiger partial charge on any atom is -0.356 e. The Balaban J connectivity index is 1.62. The maximum Gasteiger partial charge on any atom is 0.264 e. The van der Waals surface area contributed by atoms with Crippen LogP contribution in [0.25, 0.3) is 0 Å². The van der Waals surface area contributed by atoms with E-state index in [9.17, 15) is 8.42 Å². The number of benzene rings is 1. The Morgan fingerprint density at radius 1 is 1.20 bits per heavy atom. The van der Waals surface area contributed by atoms with Crippen LogP contribution in [0.2, 0.25) is 0 Å². The topological polar surface area (TPSA) is 114 Å². The van der Waals surface area contributed by atoms with E-state index in [2.05, 4.69) is 30.4 Å². The molecule has 0 amide bonds. The van der Waals surface area contributed by atoms with Gasteiger partial charge in [0, 0.05) is 35.9 Å². The number of nitrogens with zero attached hydrogens (tertiary/aromatic N) is 4. The van der Waals surface area contributed by atoms with E-state index < -0.39 is 10.0 Å². The second kappa shape index (κ2) is 9.18. The standard InChI is InChI=1S/C19H23N7O2S2/c1-4-26-14(3)17(12-22-26)13(2)23-19(29)24-15-6-8-16(9-7-15)30(27,28)25-18-20-10-5-11-21-18/h5-13H,4H2,1-3H3,(H,20,21,25)(H2,23,24,29). The monoisotopic (exact) mass is 445 g/mol. The third kappa shape index (κ3) is 5.10. The van der Waals surface area contributed by atoms with Gasteiger partial charge in [-0.2, -0.15) is 5.10 Å². The highest BCUT2D eigenvalue weighted by Gasteiger charge is 2.16. The van der Waals surface area contributed by atoms with Gasteiger partial charge in [-0.05, 0) is 63.3 Å².